The Bertz CT molecular complexity index is 4080. The van der Waals surface area contributed by atoms with Crippen LogP contribution in [0.15, 0.2) is 237 Å². The Balaban J connectivity index is 0.993. The lowest BCUT2D eigenvalue weighted by Crippen LogP contribution is -2.26. The molecule has 0 unspecified atom stereocenters. The summed E-state index contributed by atoms with van der Waals surface area (Å²) in [6.07, 6.45) is 0. The van der Waals surface area contributed by atoms with Crippen LogP contribution in [0.4, 0.5) is 17.1 Å². The standard InChI is InChI=1S/C66H39NS/c1-2-17-43-40(16-1)32-37-62-63(43)51-24-15-31-61(64(51)68-62)67(41-34-36-59-52(38-41)49-23-8-14-30-58(49)65(59)53-25-9-3-18-44(53)45-19-4-10-26-54(45)65)42-33-35-50-48-22-7-13-29-57(48)66(60(50)39-42)55-27-11-5-20-46(55)47-21-6-12-28-56(47)66/h1-39H. The van der Waals surface area contributed by atoms with E-state index in [1.54, 1.807) is 0 Å². The zero-order chi connectivity index (χ0) is 44.3. The Morgan fingerprint density at radius 3 is 1.29 bits per heavy atom. The third-order valence-electron chi connectivity index (χ3n) is 16.1. The quantitative estimate of drug-likeness (QED) is 0.171. The molecule has 12 aromatic rings. The van der Waals surface area contributed by atoms with E-state index in [1.807, 2.05) is 11.3 Å². The second kappa shape index (κ2) is 13.2. The van der Waals surface area contributed by atoms with E-state index in [0.717, 1.165) is 11.4 Å². The van der Waals surface area contributed by atoms with E-state index in [1.165, 1.54) is 126 Å². The van der Waals surface area contributed by atoms with Crippen LogP contribution in [0, 0.1) is 0 Å². The van der Waals surface area contributed by atoms with Crippen molar-refractivity contribution in [2.75, 3.05) is 4.90 Å². The summed E-state index contributed by atoms with van der Waals surface area (Å²) >= 11 is 1.91. The molecule has 0 saturated carbocycles. The molecule has 0 bridgehead atoms. The molecule has 4 aliphatic carbocycles. The maximum Gasteiger partial charge on any atom is 0.0726 e. The highest BCUT2D eigenvalue weighted by Crippen LogP contribution is 2.65. The fraction of sp³-hybridized carbons (Fsp3) is 0.0303. The van der Waals surface area contributed by atoms with Gasteiger partial charge in [-0.2, -0.15) is 0 Å². The fourth-order valence-electron chi connectivity index (χ4n) is 13.6. The number of hydrogen-bond acceptors (Lipinski definition) is 2. The van der Waals surface area contributed by atoms with Gasteiger partial charge in [-0.05, 0) is 136 Å². The zero-order valence-electron chi connectivity index (χ0n) is 36.9. The molecular weight excluding hydrogens is 839 g/mol. The number of nitrogens with zero attached hydrogens (tertiary/aromatic N) is 1. The predicted molar refractivity (Wildman–Crippen MR) is 284 cm³/mol. The van der Waals surface area contributed by atoms with Crippen molar-refractivity contribution in [2.24, 2.45) is 0 Å². The topological polar surface area (TPSA) is 3.24 Å². The second-order valence-electron chi connectivity index (χ2n) is 19.0. The van der Waals surface area contributed by atoms with Gasteiger partial charge in [-0.3, -0.25) is 0 Å². The number of benzene rings is 11. The highest BCUT2D eigenvalue weighted by molar-refractivity contribution is 7.26. The van der Waals surface area contributed by atoms with Gasteiger partial charge >= 0.3 is 0 Å². The van der Waals surface area contributed by atoms with E-state index in [2.05, 4.69) is 241 Å². The Kier molecular flexibility index (Phi) is 7.15. The van der Waals surface area contributed by atoms with Gasteiger partial charge in [-0.1, -0.05) is 200 Å². The van der Waals surface area contributed by atoms with Crippen molar-refractivity contribution in [3.05, 3.63) is 281 Å². The van der Waals surface area contributed by atoms with Crippen LogP contribution in [0.1, 0.15) is 44.5 Å². The first-order valence-corrected chi connectivity index (χ1v) is 24.6. The summed E-state index contributed by atoms with van der Waals surface area (Å²) in [4.78, 5) is 2.58. The van der Waals surface area contributed by atoms with Crippen molar-refractivity contribution < 1.29 is 0 Å². The van der Waals surface area contributed by atoms with Crippen LogP contribution >= 0.6 is 11.3 Å². The number of hydrogen-bond donors (Lipinski definition) is 0. The van der Waals surface area contributed by atoms with Crippen LogP contribution in [-0.4, -0.2) is 0 Å². The molecule has 2 spiro atoms. The second-order valence-corrected chi connectivity index (χ2v) is 20.0. The van der Waals surface area contributed by atoms with Crippen LogP contribution in [-0.2, 0) is 10.8 Å². The minimum Gasteiger partial charge on any atom is -0.309 e. The molecule has 11 aromatic carbocycles. The molecule has 0 atom stereocenters. The van der Waals surface area contributed by atoms with Crippen molar-refractivity contribution in [2.45, 2.75) is 10.8 Å². The highest BCUT2D eigenvalue weighted by atomic mass is 32.1. The fourth-order valence-corrected chi connectivity index (χ4v) is 14.8. The minimum absolute atomic E-state index is 0.413. The van der Waals surface area contributed by atoms with Crippen LogP contribution < -0.4 is 4.90 Å². The van der Waals surface area contributed by atoms with Gasteiger partial charge in [0.05, 0.1) is 21.2 Å². The lowest BCUT2D eigenvalue weighted by molar-refractivity contribution is 0.793. The normalized spacial score (nSPS) is 14.4. The molecule has 0 radical (unpaired) electrons. The van der Waals surface area contributed by atoms with E-state index >= 15 is 0 Å². The van der Waals surface area contributed by atoms with Gasteiger partial charge in [0, 0.05) is 26.8 Å². The molecule has 0 N–H and O–H groups in total. The van der Waals surface area contributed by atoms with Gasteiger partial charge in [-0.25, -0.2) is 0 Å². The maximum atomic E-state index is 2.58. The smallest absolute Gasteiger partial charge is 0.0726 e. The number of anilines is 3. The van der Waals surface area contributed by atoms with E-state index < -0.39 is 10.8 Å². The van der Waals surface area contributed by atoms with E-state index in [9.17, 15) is 0 Å². The average Bonchev–Trinajstić information content (AvgIpc) is 4.18. The first-order valence-electron chi connectivity index (χ1n) is 23.8. The summed E-state index contributed by atoms with van der Waals surface area (Å²) in [6.45, 7) is 0. The third kappa shape index (κ3) is 4.38. The monoisotopic (exact) mass is 877 g/mol. The summed E-state index contributed by atoms with van der Waals surface area (Å²) in [5.41, 5.74) is 23.9. The Morgan fingerprint density at radius 1 is 0.294 bits per heavy atom. The summed E-state index contributed by atoms with van der Waals surface area (Å²) in [5.74, 6) is 0. The van der Waals surface area contributed by atoms with Crippen molar-refractivity contribution in [3.8, 4) is 44.5 Å². The van der Waals surface area contributed by atoms with Gasteiger partial charge in [0.25, 0.3) is 0 Å². The molecule has 1 aromatic heterocycles. The molecule has 0 fully saturated rings. The number of thiophene rings is 1. The third-order valence-corrected chi connectivity index (χ3v) is 17.3. The van der Waals surface area contributed by atoms with Crippen molar-refractivity contribution in [1.29, 1.82) is 0 Å². The molecule has 16 rings (SSSR count). The molecular formula is C66H39NS. The molecule has 0 saturated heterocycles. The van der Waals surface area contributed by atoms with Crippen LogP contribution in [0.3, 0.4) is 0 Å². The van der Waals surface area contributed by atoms with Crippen molar-refractivity contribution in [3.63, 3.8) is 0 Å². The molecule has 4 aliphatic rings. The summed E-state index contributed by atoms with van der Waals surface area (Å²) in [5, 5.41) is 5.18. The summed E-state index contributed by atoms with van der Waals surface area (Å²) in [7, 11) is 0. The van der Waals surface area contributed by atoms with Crippen LogP contribution in [0.25, 0.3) is 75.5 Å². The van der Waals surface area contributed by atoms with Gasteiger partial charge < -0.3 is 4.90 Å². The SMILES string of the molecule is c1ccc2c(c1)-c1ccccc1C21c2ccccc2-c2cc(N(c3ccc4c(c3)C3(c5ccccc5-c5ccccc53)c3ccccc3-4)c3cccc4c3sc3ccc5ccccc5c34)ccc21. The van der Waals surface area contributed by atoms with E-state index in [-0.39, 0.29) is 0 Å². The highest BCUT2D eigenvalue weighted by Gasteiger charge is 2.53. The van der Waals surface area contributed by atoms with E-state index in [0.29, 0.717) is 0 Å². The lowest BCUT2D eigenvalue weighted by Gasteiger charge is -2.33. The lowest BCUT2D eigenvalue weighted by atomic mass is 9.70. The molecule has 0 aliphatic heterocycles. The maximum absolute atomic E-state index is 2.58. The number of fused-ring (bicyclic) bond motifs is 25. The van der Waals surface area contributed by atoms with Gasteiger partial charge in [0.1, 0.15) is 0 Å². The predicted octanol–water partition coefficient (Wildman–Crippen LogP) is 17.4. The largest absolute Gasteiger partial charge is 0.309 e. The molecule has 0 amide bonds. The van der Waals surface area contributed by atoms with Crippen LogP contribution in [0.2, 0.25) is 0 Å². The number of rotatable bonds is 3. The van der Waals surface area contributed by atoms with Crippen LogP contribution in [0.5, 0.6) is 0 Å². The first kappa shape index (κ1) is 36.9. The Labute approximate surface area is 398 Å². The van der Waals surface area contributed by atoms with E-state index in [4.69, 9.17) is 0 Å². The minimum atomic E-state index is -0.462. The zero-order valence-corrected chi connectivity index (χ0v) is 37.7. The molecule has 1 heterocycles. The van der Waals surface area contributed by atoms with Gasteiger partial charge in [-0.15, -0.1) is 11.3 Å². The van der Waals surface area contributed by atoms with Crippen molar-refractivity contribution >= 4 is 59.3 Å². The van der Waals surface area contributed by atoms with Gasteiger partial charge in [0.2, 0.25) is 0 Å². The molecule has 68 heavy (non-hydrogen) atoms. The van der Waals surface area contributed by atoms with Crippen molar-refractivity contribution in [1.82, 2.24) is 0 Å². The van der Waals surface area contributed by atoms with Gasteiger partial charge in [0.15, 0.2) is 0 Å². The Morgan fingerprint density at radius 2 is 0.721 bits per heavy atom. The summed E-state index contributed by atoms with van der Waals surface area (Å²) in [6, 6.07) is 89.9. The average molecular weight is 878 g/mol. The Hall–Kier alpha value is -8.30. The molecule has 314 valence electrons. The summed E-state index contributed by atoms with van der Waals surface area (Å²) < 4.78 is 2.59. The molecule has 1 nitrogen and oxygen atoms in total. The molecule has 2 heteroatoms. The first-order chi connectivity index (χ1) is 33.7.